The zero-order chi connectivity index (χ0) is 22.8. The third-order valence-corrected chi connectivity index (χ3v) is 5.60. The average molecular weight is 438 g/mol. The molecule has 1 unspecified atom stereocenters. The number of amides is 1. The smallest absolute Gasteiger partial charge is 0.262 e. The summed E-state index contributed by atoms with van der Waals surface area (Å²) >= 11 is 0. The summed E-state index contributed by atoms with van der Waals surface area (Å²) in [6.07, 6.45) is 2.39. The molecule has 9 heteroatoms. The van der Waals surface area contributed by atoms with E-state index in [1.54, 1.807) is 32.4 Å². The van der Waals surface area contributed by atoms with E-state index in [1.165, 1.54) is 0 Å². The van der Waals surface area contributed by atoms with E-state index in [0.717, 1.165) is 17.0 Å². The monoisotopic (exact) mass is 437 g/mol. The number of fused-ring (bicyclic) bond motifs is 1. The molecule has 168 valence electrons. The van der Waals surface area contributed by atoms with Gasteiger partial charge in [-0.1, -0.05) is 6.92 Å². The minimum Gasteiger partial charge on any atom is -0.491 e. The number of hydrogen-bond donors (Lipinski definition) is 0. The lowest BCUT2D eigenvalue weighted by Crippen LogP contribution is -2.28. The van der Waals surface area contributed by atoms with Gasteiger partial charge in [0.1, 0.15) is 0 Å². The van der Waals surface area contributed by atoms with Gasteiger partial charge in [0.05, 0.1) is 49.5 Å². The Hall–Kier alpha value is -3.46. The maximum atomic E-state index is 13.3. The summed E-state index contributed by atoms with van der Waals surface area (Å²) in [5, 5.41) is 4.66. The van der Waals surface area contributed by atoms with Gasteiger partial charge in [0.15, 0.2) is 11.6 Å². The minimum atomic E-state index is -0.207. The van der Waals surface area contributed by atoms with Crippen molar-refractivity contribution in [2.24, 2.45) is 0 Å². The Bertz CT molecular complexity index is 1140. The summed E-state index contributed by atoms with van der Waals surface area (Å²) in [6.45, 7) is 5.18. The molecule has 3 aromatic heterocycles. The Morgan fingerprint density at radius 1 is 1.09 bits per heavy atom. The number of methoxy groups -OCH3 is 3. The molecule has 0 aliphatic carbocycles. The molecule has 32 heavy (non-hydrogen) atoms. The molecular formula is C23H27N5O4. The molecule has 0 saturated carbocycles. The molecule has 1 atom stereocenters. The summed E-state index contributed by atoms with van der Waals surface area (Å²) in [5.41, 5.74) is 3.75. The van der Waals surface area contributed by atoms with E-state index >= 15 is 0 Å². The van der Waals surface area contributed by atoms with Crippen molar-refractivity contribution in [3.63, 3.8) is 0 Å². The summed E-state index contributed by atoms with van der Waals surface area (Å²) < 4.78 is 17.7. The topological polar surface area (TPSA) is 91.6 Å². The van der Waals surface area contributed by atoms with Gasteiger partial charge in [-0.15, -0.1) is 0 Å². The Balaban J connectivity index is 1.74. The van der Waals surface area contributed by atoms with Gasteiger partial charge in [-0.05, 0) is 31.5 Å². The van der Waals surface area contributed by atoms with Crippen molar-refractivity contribution in [1.29, 1.82) is 0 Å². The van der Waals surface area contributed by atoms with Crippen molar-refractivity contribution in [2.45, 2.75) is 39.5 Å². The summed E-state index contributed by atoms with van der Waals surface area (Å²) in [7, 11) is 4.76. The second-order valence-corrected chi connectivity index (χ2v) is 7.41. The highest BCUT2D eigenvalue weighted by Gasteiger charge is 2.39. The lowest BCUT2D eigenvalue weighted by Gasteiger charge is -2.21. The first-order valence-corrected chi connectivity index (χ1v) is 10.5. The van der Waals surface area contributed by atoms with E-state index in [4.69, 9.17) is 19.2 Å². The maximum absolute atomic E-state index is 13.3. The van der Waals surface area contributed by atoms with E-state index < -0.39 is 0 Å². The Labute approximate surface area is 186 Å². The lowest BCUT2D eigenvalue weighted by molar-refractivity contribution is 0.0990. The molecule has 1 aliphatic rings. The molecule has 0 radical (unpaired) electrons. The summed E-state index contributed by atoms with van der Waals surface area (Å²) in [4.78, 5) is 24.2. The van der Waals surface area contributed by atoms with Gasteiger partial charge in [0, 0.05) is 31.5 Å². The SMILES string of the molecule is CCC1c2nc(-c3cnc(OC)c(OC)c3)ccc2C(=O)N1c1cc(COC)n(CC)n1. The van der Waals surface area contributed by atoms with Crippen LogP contribution in [0.5, 0.6) is 11.6 Å². The van der Waals surface area contributed by atoms with Crippen LogP contribution in [-0.4, -0.2) is 47.0 Å². The van der Waals surface area contributed by atoms with Crippen LogP contribution in [0.25, 0.3) is 11.3 Å². The van der Waals surface area contributed by atoms with Crippen molar-refractivity contribution >= 4 is 11.7 Å². The first kappa shape index (κ1) is 21.8. The van der Waals surface area contributed by atoms with E-state index in [0.29, 0.717) is 48.3 Å². The highest BCUT2D eigenvalue weighted by atomic mass is 16.5. The number of carbonyl (C=O) groups is 1. The minimum absolute atomic E-state index is 0.0962. The van der Waals surface area contributed by atoms with Crippen molar-refractivity contribution in [3.8, 4) is 22.9 Å². The molecule has 9 nitrogen and oxygen atoms in total. The third kappa shape index (κ3) is 3.58. The number of ether oxygens (including phenoxy) is 3. The number of nitrogens with zero attached hydrogens (tertiary/aromatic N) is 5. The number of hydrogen-bond acceptors (Lipinski definition) is 7. The van der Waals surface area contributed by atoms with Crippen LogP contribution in [0.4, 0.5) is 5.82 Å². The average Bonchev–Trinajstić information content (AvgIpc) is 3.35. The summed E-state index contributed by atoms with van der Waals surface area (Å²) in [6, 6.07) is 7.19. The first-order valence-electron chi connectivity index (χ1n) is 10.5. The Kier molecular flexibility index (Phi) is 6.09. The number of aryl methyl sites for hydroxylation is 1. The standard InChI is InChI=1S/C23H27N5O4/c1-6-18-21-16(23(29)28(18)20-11-15(13-30-3)27(7-2)26-20)8-9-17(25-21)14-10-19(31-4)22(32-5)24-12-14/h8-12,18H,6-7,13H2,1-5H3. The van der Waals surface area contributed by atoms with Crippen LogP contribution in [-0.2, 0) is 17.9 Å². The molecule has 0 N–H and O–H groups in total. The zero-order valence-corrected chi connectivity index (χ0v) is 19.0. The molecule has 4 heterocycles. The van der Waals surface area contributed by atoms with Gasteiger partial charge >= 0.3 is 0 Å². The molecule has 0 bridgehead atoms. The first-order chi connectivity index (χ1) is 15.6. The molecule has 4 rings (SSSR count). The van der Waals surface area contributed by atoms with E-state index in [1.807, 2.05) is 42.8 Å². The fourth-order valence-electron chi connectivity index (χ4n) is 4.07. The number of anilines is 1. The molecule has 0 saturated heterocycles. The van der Waals surface area contributed by atoms with Crippen molar-refractivity contribution in [3.05, 3.63) is 47.4 Å². The number of pyridine rings is 2. The normalized spacial score (nSPS) is 15.2. The second-order valence-electron chi connectivity index (χ2n) is 7.41. The fourth-order valence-corrected chi connectivity index (χ4v) is 4.07. The molecular weight excluding hydrogens is 410 g/mol. The Morgan fingerprint density at radius 3 is 2.56 bits per heavy atom. The van der Waals surface area contributed by atoms with Crippen LogP contribution in [0.3, 0.4) is 0 Å². The lowest BCUT2D eigenvalue weighted by atomic mass is 10.1. The predicted octanol–water partition coefficient (Wildman–Crippen LogP) is 3.64. The molecule has 1 aliphatic heterocycles. The van der Waals surface area contributed by atoms with Crippen molar-refractivity contribution in [2.75, 3.05) is 26.2 Å². The largest absolute Gasteiger partial charge is 0.491 e. The number of rotatable bonds is 8. The highest BCUT2D eigenvalue weighted by molar-refractivity contribution is 6.10. The van der Waals surface area contributed by atoms with Gasteiger partial charge in [-0.3, -0.25) is 14.4 Å². The van der Waals surface area contributed by atoms with E-state index in [2.05, 4.69) is 10.1 Å². The van der Waals surface area contributed by atoms with E-state index in [-0.39, 0.29) is 11.9 Å². The predicted molar refractivity (Wildman–Crippen MR) is 119 cm³/mol. The van der Waals surface area contributed by atoms with Gasteiger partial charge in [-0.25, -0.2) is 9.97 Å². The molecule has 0 fully saturated rings. The fraction of sp³-hybridized carbons (Fsp3) is 0.391. The Morgan fingerprint density at radius 2 is 1.91 bits per heavy atom. The zero-order valence-electron chi connectivity index (χ0n) is 19.0. The van der Waals surface area contributed by atoms with Crippen LogP contribution < -0.4 is 14.4 Å². The highest BCUT2D eigenvalue weighted by Crippen LogP contribution is 2.39. The van der Waals surface area contributed by atoms with Gasteiger partial charge in [0.2, 0.25) is 0 Å². The maximum Gasteiger partial charge on any atom is 0.262 e. The van der Waals surface area contributed by atoms with Crippen molar-refractivity contribution in [1.82, 2.24) is 19.7 Å². The quantitative estimate of drug-likeness (QED) is 0.531. The van der Waals surface area contributed by atoms with Crippen molar-refractivity contribution < 1.29 is 19.0 Å². The van der Waals surface area contributed by atoms with Gasteiger partial charge in [-0.2, -0.15) is 5.10 Å². The van der Waals surface area contributed by atoms with Crippen LogP contribution in [0, 0.1) is 0 Å². The third-order valence-electron chi connectivity index (χ3n) is 5.60. The second kappa shape index (κ2) is 8.96. The van der Waals surface area contributed by atoms with Crippen LogP contribution in [0.2, 0.25) is 0 Å². The van der Waals surface area contributed by atoms with Crippen LogP contribution in [0.15, 0.2) is 30.5 Å². The molecule has 0 spiro atoms. The molecule has 1 amide bonds. The molecule has 0 aromatic carbocycles. The van der Waals surface area contributed by atoms with Crippen LogP contribution in [0.1, 0.15) is 48.1 Å². The van der Waals surface area contributed by atoms with Gasteiger partial charge < -0.3 is 14.2 Å². The van der Waals surface area contributed by atoms with Crippen LogP contribution >= 0.6 is 0 Å². The number of carbonyl (C=O) groups excluding carboxylic acids is 1. The van der Waals surface area contributed by atoms with Gasteiger partial charge in [0.25, 0.3) is 11.8 Å². The summed E-state index contributed by atoms with van der Waals surface area (Å²) in [5.74, 6) is 1.44. The molecule has 3 aromatic rings. The number of aromatic nitrogens is 4. The van der Waals surface area contributed by atoms with E-state index in [9.17, 15) is 4.79 Å².